The number of aryl methyl sites for hydroxylation is 2. The molecule has 33 heavy (non-hydrogen) atoms. The SMILES string of the molecule is COc1ccc(NC(=O)CCC(=O)c2cc(C)sc2C)cc1NS(=O)(=O)c1ccc(F)cc1. The minimum Gasteiger partial charge on any atom is -0.495 e. The molecule has 0 spiro atoms. The minimum atomic E-state index is -4.02. The third-order valence-electron chi connectivity index (χ3n) is 4.77. The summed E-state index contributed by atoms with van der Waals surface area (Å²) in [6, 6.07) is 10.7. The molecular formula is C23H23FN2O5S2. The van der Waals surface area contributed by atoms with Crippen molar-refractivity contribution in [3.63, 3.8) is 0 Å². The number of hydrogen-bond acceptors (Lipinski definition) is 6. The Balaban J connectivity index is 1.69. The van der Waals surface area contributed by atoms with Crippen molar-refractivity contribution in [2.24, 2.45) is 0 Å². The molecule has 0 aliphatic rings. The highest BCUT2D eigenvalue weighted by atomic mass is 32.2. The average Bonchev–Trinajstić information content (AvgIpc) is 3.10. The predicted molar refractivity (Wildman–Crippen MR) is 126 cm³/mol. The summed E-state index contributed by atoms with van der Waals surface area (Å²) in [6.45, 7) is 3.80. The van der Waals surface area contributed by atoms with Crippen LogP contribution in [0.2, 0.25) is 0 Å². The Hall–Kier alpha value is -3.24. The lowest BCUT2D eigenvalue weighted by molar-refractivity contribution is -0.116. The Morgan fingerprint density at radius 2 is 1.73 bits per heavy atom. The van der Waals surface area contributed by atoms with E-state index in [0.717, 1.165) is 34.0 Å². The smallest absolute Gasteiger partial charge is 0.262 e. The van der Waals surface area contributed by atoms with Gasteiger partial charge in [0.15, 0.2) is 5.78 Å². The second-order valence-corrected chi connectivity index (χ2v) is 10.4. The lowest BCUT2D eigenvalue weighted by atomic mass is 10.1. The van der Waals surface area contributed by atoms with E-state index >= 15 is 0 Å². The zero-order valence-corrected chi connectivity index (χ0v) is 19.9. The molecule has 7 nitrogen and oxygen atoms in total. The molecule has 2 aromatic carbocycles. The standard InChI is InChI=1S/C23H23FN2O5S2/c1-14-12-19(15(2)32-14)21(27)9-11-23(28)25-17-6-10-22(31-3)20(13-17)26-33(29,30)18-7-4-16(24)5-8-18/h4-8,10,12-13,26H,9,11H2,1-3H3,(H,25,28). The molecule has 0 aliphatic carbocycles. The summed E-state index contributed by atoms with van der Waals surface area (Å²) >= 11 is 1.54. The number of anilines is 2. The van der Waals surface area contributed by atoms with E-state index in [1.54, 1.807) is 6.07 Å². The Bertz CT molecular complexity index is 1280. The van der Waals surface area contributed by atoms with Crippen molar-refractivity contribution in [2.75, 3.05) is 17.1 Å². The number of carbonyl (C=O) groups is 2. The summed E-state index contributed by atoms with van der Waals surface area (Å²) < 4.78 is 46.0. The molecule has 3 rings (SSSR count). The highest BCUT2D eigenvalue weighted by molar-refractivity contribution is 7.92. The number of halogens is 1. The molecule has 2 N–H and O–H groups in total. The van der Waals surface area contributed by atoms with E-state index in [4.69, 9.17) is 4.74 Å². The summed E-state index contributed by atoms with van der Waals surface area (Å²) in [6.07, 6.45) is 0.0406. The van der Waals surface area contributed by atoms with Crippen LogP contribution in [0, 0.1) is 19.7 Å². The normalized spacial score (nSPS) is 11.2. The van der Waals surface area contributed by atoms with Crippen LogP contribution in [0.15, 0.2) is 53.4 Å². The summed E-state index contributed by atoms with van der Waals surface area (Å²) in [4.78, 5) is 26.6. The Morgan fingerprint density at radius 1 is 1.03 bits per heavy atom. The van der Waals surface area contributed by atoms with Crippen molar-refractivity contribution in [3.05, 3.63) is 69.7 Å². The van der Waals surface area contributed by atoms with Gasteiger partial charge in [0, 0.05) is 33.8 Å². The number of carbonyl (C=O) groups excluding carboxylic acids is 2. The third kappa shape index (κ3) is 6.17. The fourth-order valence-corrected chi connectivity index (χ4v) is 5.18. The van der Waals surface area contributed by atoms with Crippen molar-refractivity contribution in [3.8, 4) is 5.75 Å². The molecule has 3 aromatic rings. The van der Waals surface area contributed by atoms with Crippen LogP contribution < -0.4 is 14.8 Å². The van der Waals surface area contributed by atoms with Crippen molar-refractivity contribution in [1.29, 1.82) is 0 Å². The lowest BCUT2D eigenvalue weighted by Crippen LogP contribution is -2.16. The fourth-order valence-electron chi connectivity index (χ4n) is 3.18. The number of hydrogen-bond donors (Lipinski definition) is 2. The van der Waals surface area contributed by atoms with Crippen molar-refractivity contribution in [2.45, 2.75) is 31.6 Å². The fraction of sp³-hybridized carbons (Fsp3) is 0.217. The topological polar surface area (TPSA) is 102 Å². The van der Waals surface area contributed by atoms with Gasteiger partial charge >= 0.3 is 0 Å². The average molecular weight is 491 g/mol. The molecule has 0 saturated heterocycles. The molecule has 0 aliphatic heterocycles. The van der Waals surface area contributed by atoms with Crippen LogP contribution in [0.5, 0.6) is 5.75 Å². The monoisotopic (exact) mass is 490 g/mol. The molecule has 0 saturated carbocycles. The number of nitrogens with one attached hydrogen (secondary N) is 2. The molecule has 1 aromatic heterocycles. The Morgan fingerprint density at radius 3 is 2.33 bits per heavy atom. The molecular weight excluding hydrogens is 467 g/mol. The molecule has 0 unspecified atom stereocenters. The second kappa shape index (κ2) is 10.1. The van der Waals surface area contributed by atoms with E-state index in [9.17, 15) is 22.4 Å². The lowest BCUT2D eigenvalue weighted by Gasteiger charge is -2.14. The van der Waals surface area contributed by atoms with E-state index in [1.165, 1.54) is 30.6 Å². The van der Waals surface area contributed by atoms with Crippen LogP contribution in [0.25, 0.3) is 0 Å². The van der Waals surface area contributed by atoms with Gasteiger partial charge in [0.1, 0.15) is 11.6 Å². The summed E-state index contributed by atoms with van der Waals surface area (Å²) in [5.74, 6) is -0.809. The number of amides is 1. The summed E-state index contributed by atoms with van der Waals surface area (Å²) in [5.41, 5.74) is 1.06. The van der Waals surface area contributed by atoms with E-state index in [-0.39, 0.29) is 40.9 Å². The summed E-state index contributed by atoms with van der Waals surface area (Å²) in [5, 5.41) is 2.66. The van der Waals surface area contributed by atoms with Crippen molar-refractivity contribution in [1.82, 2.24) is 0 Å². The van der Waals surface area contributed by atoms with Crippen molar-refractivity contribution < 1.29 is 27.1 Å². The molecule has 0 fully saturated rings. The van der Waals surface area contributed by atoms with E-state index in [1.807, 2.05) is 19.9 Å². The summed E-state index contributed by atoms with van der Waals surface area (Å²) in [7, 11) is -2.64. The number of ketones is 1. The number of ether oxygens (including phenoxy) is 1. The van der Waals surface area contributed by atoms with Gasteiger partial charge in [0.25, 0.3) is 10.0 Å². The van der Waals surface area contributed by atoms with Gasteiger partial charge in [-0.2, -0.15) is 0 Å². The quantitative estimate of drug-likeness (QED) is 0.415. The third-order valence-corrected chi connectivity index (χ3v) is 7.12. The molecule has 0 radical (unpaired) electrons. The number of benzene rings is 2. The molecule has 0 bridgehead atoms. The van der Waals surface area contributed by atoms with Gasteiger partial charge in [-0.1, -0.05) is 0 Å². The van der Waals surface area contributed by atoms with Crippen LogP contribution in [0.1, 0.15) is 33.0 Å². The van der Waals surface area contributed by atoms with Gasteiger partial charge in [0.2, 0.25) is 5.91 Å². The van der Waals surface area contributed by atoms with Crippen LogP contribution >= 0.6 is 11.3 Å². The van der Waals surface area contributed by atoms with Gasteiger partial charge in [0.05, 0.1) is 17.7 Å². The molecule has 1 heterocycles. The van der Waals surface area contributed by atoms with Gasteiger partial charge in [-0.05, 0) is 62.4 Å². The maximum absolute atomic E-state index is 13.1. The van der Waals surface area contributed by atoms with E-state index in [2.05, 4.69) is 10.0 Å². The Labute approximate surface area is 195 Å². The first-order valence-corrected chi connectivity index (χ1v) is 12.3. The highest BCUT2D eigenvalue weighted by Gasteiger charge is 2.18. The van der Waals surface area contributed by atoms with Gasteiger partial charge in [-0.25, -0.2) is 12.8 Å². The van der Waals surface area contributed by atoms with Crippen molar-refractivity contribution >= 4 is 44.4 Å². The van der Waals surface area contributed by atoms with Gasteiger partial charge < -0.3 is 10.1 Å². The molecule has 0 atom stereocenters. The number of methoxy groups -OCH3 is 1. The maximum Gasteiger partial charge on any atom is 0.262 e. The first kappa shape index (κ1) is 24.4. The number of thiophene rings is 1. The van der Waals surface area contributed by atoms with E-state index in [0.29, 0.717) is 11.3 Å². The molecule has 174 valence electrons. The highest BCUT2D eigenvalue weighted by Crippen LogP contribution is 2.30. The largest absolute Gasteiger partial charge is 0.495 e. The van der Waals surface area contributed by atoms with Crippen LogP contribution in [0.4, 0.5) is 15.8 Å². The zero-order valence-electron chi connectivity index (χ0n) is 18.3. The first-order valence-electron chi connectivity index (χ1n) is 9.95. The maximum atomic E-state index is 13.1. The molecule has 10 heteroatoms. The molecule has 1 amide bonds. The zero-order chi connectivity index (χ0) is 24.2. The number of sulfonamides is 1. The van der Waals surface area contributed by atoms with Crippen LogP contribution in [-0.2, 0) is 14.8 Å². The first-order chi connectivity index (χ1) is 15.6. The number of Topliss-reactive ketones (excluding diaryl/α,β-unsaturated/α-hetero) is 1. The second-order valence-electron chi connectivity index (χ2n) is 7.27. The predicted octanol–water partition coefficient (Wildman–Crippen LogP) is 4.92. The van der Waals surface area contributed by atoms with E-state index < -0.39 is 15.8 Å². The van der Waals surface area contributed by atoms with Gasteiger partial charge in [-0.15, -0.1) is 11.3 Å². The minimum absolute atomic E-state index is 0.0180. The Kier molecular flexibility index (Phi) is 7.50. The van der Waals surface area contributed by atoms with Crippen LogP contribution in [0.3, 0.4) is 0 Å². The number of rotatable bonds is 9. The van der Waals surface area contributed by atoms with Crippen LogP contribution in [-0.4, -0.2) is 27.2 Å². The van der Waals surface area contributed by atoms with Gasteiger partial charge in [-0.3, -0.25) is 14.3 Å².